The molecular weight excluding hydrogens is 276 g/mol. The quantitative estimate of drug-likeness (QED) is 0.769. The summed E-state index contributed by atoms with van der Waals surface area (Å²) in [5.74, 6) is 1.10. The summed E-state index contributed by atoms with van der Waals surface area (Å²) in [6.07, 6.45) is 3.64. The van der Waals surface area contributed by atoms with Gasteiger partial charge in [0, 0.05) is 11.6 Å². The summed E-state index contributed by atoms with van der Waals surface area (Å²) < 4.78 is 3.41. The first kappa shape index (κ1) is 11.0. The molecule has 3 heteroatoms. The molecule has 0 fully saturated rings. The van der Waals surface area contributed by atoms with E-state index in [1.807, 2.05) is 6.07 Å². The third kappa shape index (κ3) is 1.82. The summed E-state index contributed by atoms with van der Waals surface area (Å²) >= 11 is 3.60. The zero-order valence-electron chi connectivity index (χ0n) is 9.86. The minimum atomic E-state index is 0.549. The van der Waals surface area contributed by atoms with Gasteiger partial charge in [-0.05, 0) is 42.1 Å². The van der Waals surface area contributed by atoms with Crippen LogP contribution in [0.25, 0.3) is 11.4 Å². The maximum absolute atomic E-state index is 4.69. The van der Waals surface area contributed by atoms with E-state index in [0.29, 0.717) is 6.04 Å². The van der Waals surface area contributed by atoms with Crippen LogP contribution in [0.2, 0.25) is 0 Å². The first-order valence-electron chi connectivity index (χ1n) is 6.09. The fraction of sp³-hybridized carbons (Fsp3) is 0.357. The topological polar surface area (TPSA) is 17.8 Å². The molecule has 1 aliphatic heterocycles. The summed E-state index contributed by atoms with van der Waals surface area (Å²) in [5.41, 5.74) is 2.55. The minimum absolute atomic E-state index is 0.549. The van der Waals surface area contributed by atoms with Crippen LogP contribution in [0.4, 0.5) is 0 Å². The molecule has 1 aromatic carbocycles. The van der Waals surface area contributed by atoms with Gasteiger partial charge in [0.1, 0.15) is 10.4 Å². The molecule has 2 heterocycles. The number of hydrogen-bond acceptors (Lipinski definition) is 1. The van der Waals surface area contributed by atoms with Gasteiger partial charge in [-0.1, -0.05) is 30.3 Å². The molecular formula is C14H15BrN2. The molecule has 88 valence electrons. The summed E-state index contributed by atoms with van der Waals surface area (Å²) in [4.78, 5) is 4.69. The van der Waals surface area contributed by atoms with Crippen LogP contribution in [-0.2, 0) is 6.42 Å². The Morgan fingerprint density at radius 1 is 1.29 bits per heavy atom. The lowest BCUT2D eigenvalue weighted by Gasteiger charge is -2.24. The second-order valence-electron chi connectivity index (χ2n) is 4.65. The molecule has 17 heavy (non-hydrogen) atoms. The molecule has 1 atom stereocenters. The summed E-state index contributed by atoms with van der Waals surface area (Å²) in [6.45, 7) is 2.28. The molecule has 0 saturated carbocycles. The van der Waals surface area contributed by atoms with Gasteiger partial charge in [-0.3, -0.25) is 0 Å². The van der Waals surface area contributed by atoms with Gasteiger partial charge in [0.15, 0.2) is 0 Å². The van der Waals surface area contributed by atoms with E-state index in [9.17, 15) is 0 Å². The van der Waals surface area contributed by atoms with Crippen LogP contribution in [0.5, 0.6) is 0 Å². The average Bonchev–Trinajstić information content (AvgIpc) is 2.70. The van der Waals surface area contributed by atoms with Crippen molar-refractivity contribution in [3.05, 3.63) is 40.6 Å². The van der Waals surface area contributed by atoms with E-state index < -0.39 is 0 Å². The van der Waals surface area contributed by atoms with Crippen LogP contribution >= 0.6 is 15.9 Å². The van der Waals surface area contributed by atoms with Crippen LogP contribution in [0, 0.1) is 0 Å². The largest absolute Gasteiger partial charge is 0.324 e. The second-order valence-corrected chi connectivity index (χ2v) is 5.40. The van der Waals surface area contributed by atoms with Crippen molar-refractivity contribution in [3.8, 4) is 11.4 Å². The van der Waals surface area contributed by atoms with Crippen molar-refractivity contribution in [2.24, 2.45) is 0 Å². The molecule has 0 amide bonds. The highest BCUT2D eigenvalue weighted by Gasteiger charge is 2.23. The van der Waals surface area contributed by atoms with Gasteiger partial charge < -0.3 is 4.57 Å². The Kier molecular flexibility index (Phi) is 2.79. The van der Waals surface area contributed by atoms with Gasteiger partial charge >= 0.3 is 0 Å². The molecule has 3 rings (SSSR count). The molecule has 0 radical (unpaired) electrons. The third-order valence-electron chi connectivity index (χ3n) is 3.47. The number of fused-ring (bicyclic) bond motifs is 1. The smallest absolute Gasteiger partial charge is 0.141 e. The molecule has 1 aliphatic rings. The Morgan fingerprint density at radius 2 is 2.06 bits per heavy atom. The Morgan fingerprint density at radius 3 is 2.82 bits per heavy atom. The van der Waals surface area contributed by atoms with Gasteiger partial charge in [-0.25, -0.2) is 4.98 Å². The molecule has 0 saturated heterocycles. The number of aromatic nitrogens is 2. The highest BCUT2D eigenvalue weighted by Crippen LogP contribution is 2.35. The van der Waals surface area contributed by atoms with E-state index in [2.05, 4.69) is 51.7 Å². The van der Waals surface area contributed by atoms with Crippen molar-refractivity contribution in [1.82, 2.24) is 9.55 Å². The molecule has 0 N–H and O–H groups in total. The predicted octanol–water partition coefficient (Wildman–Crippen LogP) is 4.21. The van der Waals surface area contributed by atoms with Crippen molar-refractivity contribution in [1.29, 1.82) is 0 Å². The lowest BCUT2D eigenvalue weighted by molar-refractivity contribution is 0.435. The molecule has 2 nitrogen and oxygen atoms in total. The number of rotatable bonds is 1. The molecule has 0 spiro atoms. The molecule has 0 bridgehead atoms. The summed E-state index contributed by atoms with van der Waals surface area (Å²) in [6, 6.07) is 11.0. The SMILES string of the molecule is CC1CCCc2c(Br)nc(-c3ccccc3)n21. The Labute approximate surface area is 110 Å². The highest BCUT2D eigenvalue weighted by atomic mass is 79.9. The first-order chi connectivity index (χ1) is 8.27. The van der Waals surface area contributed by atoms with Crippen LogP contribution in [-0.4, -0.2) is 9.55 Å². The number of benzene rings is 1. The van der Waals surface area contributed by atoms with Gasteiger partial charge in [-0.15, -0.1) is 0 Å². The maximum Gasteiger partial charge on any atom is 0.141 e. The van der Waals surface area contributed by atoms with Crippen molar-refractivity contribution in [3.63, 3.8) is 0 Å². The minimum Gasteiger partial charge on any atom is -0.324 e. The fourth-order valence-electron chi connectivity index (χ4n) is 2.62. The zero-order valence-corrected chi connectivity index (χ0v) is 11.4. The molecule has 2 aromatic rings. The van der Waals surface area contributed by atoms with E-state index in [-0.39, 0.29) is 0 Å². The number of hydrogen-bond donors (Lipinski definition) is 0. The number of imidazole rings is 1. The summed E-state index contributed by atoms with van der Waals surface area (Å²) in [7, 11) is 0. The van der Waals surface area contributed by atoms with Gasteiger partial charge in [0.2, 0.25) is 0 Å². The molecule has 0 aliphatic carbocycles. The first-order valence-corrected chi connectivity index (χ1v) is 6.88. The monoisotopic (exact) mass is 290 g/mol. The lowest BCUT2D eigenvalue weighted by atomic mass is 10.0. The second kappa shape index (κ2) is 4.30. The van der Waals surface area contributed by atoms with E-state index >= 15 is 0 Å². The van der Waals surface area contributed by atoms with Crippen LogP contribution < -0.4 is 0 Å². The number of nitrogens with zero attached hydrogens (tertiary/aromatic N) is 2. The van der Waals surface area contributed by atoms with Crippen LogP contribution in [0.15, 0.2) is 34.9 Å². The third-order valence-corrected chi connectivity index (χ3v) is 4.10. The highest BCUT2D eigenvalue weighted by molar-refractivity contribution is 9.10. The van der Waals surface area contributed by atoms with E-state index in [0.717, 1.165) is 16.8 Å². The molecule has 1 unspecified atom stereocenters. The average molecular weight is 291 g/mol. The fourth-order valence-corrected chi connectivity index (χ4v) is 3.18. The van der Waals surface area contributed by atoms with Crippen molar-refractivity contribution in [2.45, 2.75) is 32.2 Å². The van der Waals surface area contributed by atoms with Crippen molar-refractivity contribution < 1.29 is 0 Å². The van der Waals surface area contributed by atoms with E-state index in [1.165, 1.54) is 24.1 Å². The van der Waals surface area contributed by atoms with E-state index in [4.69, 9.17) is 4.98 Å². The van der Waals surface area contributed by atoms with Crippen LogP contribution in [0.1, 0.15) is 31.5 Å². The van der Waals surface area contributed by atoms with Crippen molar-refractivity contribution >= 4 is 15.9 Å². The molecule has 1 aromatic heterocycles. The number of halogens is 1. The van der Waals surface area contributed by atoms with E-state index in [1.54, 1.807) is 0 Å². The van der Waals surface area contributed by atoms with Crippen molar-refractivity contribution in [2.75, 3.05) is 0 Å². The normalized spacial score (nSPS) is 19.1. The Hall–Kier alpha value is -1.09. The Balaban J connectivity index is 2.18. The maximum atomic E-state index is 4.69. The Bertz CT molecular complexity index is 531. The van der Waals surface area contributed by atoms with Gasteiger partial charge in [0.05, 0.1) is 5.69 Å². The summed E-state index contributed by atoms with van der Waals surface area (Å²) in [5, 5.41) is 0. The van der Waals surface area contributed by atoms with Crippen LogP contribution in [0.3, 0.4) is 0 Å². The van der Waals surface area contributed by atoms with Gasteiger partial charge in [-0.2, -0.15) is 0 Å². The standard InChI is InChI=1S/C14H15BrN2/c1-10-6-5-9-12-13(15)16-14(17(10)12)11-7-3-2-4-8-11/h2-4,7-8,10H,5-6,9H2,1H3. The van der Waals surface area contributed by atoms with Gasteiger partial charge in [0.25, 0.3) is 0 Å². The predicted molar refractivity (Wildman–Crippen MR) is 73.0 cm³/mol. The lowest BCUT2D eigenvalue weighted by Crippen LogP contribution is -2.15. The zero-order chi connectivity index (χ0) is 11.8.